The number of hydrogen-bond acceptors (Lipinski definition) is 7. The number of esters is 1. The van der Waals surface area contributed by atoms with Gasteiger partial charge in [0.05, 0.1) is 13.2 Å². The van der Waals surface area contributed by atoms with Gasteiger partial charge >= 0.3 is 13.8 Å². The Bertz CT molecular complexity index is 1250. The van der Waals surface area contributed by atoms with E-state index in [2.05, 4.69) is 79.9 Å². The fourth-order valence-corrected chi connectivity index (χ4v) is 8.12. The molecule has 0 heterocycles. The molecule has 0 fully saturated rings. The smallest absolute Gasteiger partial charge is 0.463 e. The van der Waals surface area contributed by atoms with Crippen LogP contribution in [0.5, 0.6) is 0 Å². The van der Waals surface area contributed by atoms with E-state index in [9.17, 15) is 24.2 Å². The molecular formula is C55H100NO8P. The predicted molar refractivity (Wildman–Crippen MR) is 275 cm³/mol. The highest BCUT2D eigenvalue weighted by Crippen LogP contribution is 2.42. The van der Waals surface area contributed by atoms with Gasteiger partial charge in [0.1, 0.15) is 12.7 Å². The van der Waals surface area contributed by atoms with Crippen LogP contribution in [0.15, 0.2) is 60.8 Å². The van der Waals surface area contributed by atoms with Crippen LogP contribution in [0.1, 0.15) is 245 Å². The molecule has 10 heteroatoms. The summed E-state index contributed by atoms with van der Waals surface area (Å²) in [6.45, 7) is 3.52. The third kappa shape index (κ3) is 52.5. The third-order valence-corrected chi connectivity index (χ3v) is 12.4. The highest BCUT2D eigenvalue weighted by atomic mass is 31.2. The summed E-state index contributed by atoms with van der Waals surface area (Å²) in [5.74, 6) is -0.521. The third-order valence-electron chi connectivity index (χ3n) is 11.4. The maximum Gasteiger partial charge on any atom is 0.472 e. The van der Waals surface area contributed by atoms with Gasteiger partial charge in [0.2, 0.25) is 5.91 Å². The summed E-state index contributed by atoms with van der Waals surface area (Å²) in [7, 11) is -4.43. The van der Waals surface area contributed by atoms with E-state index < -0.39 is 26.5 Å². The number of ether oxygens (including phenoxy) is 1. The topological polar surface area (TPSA) is 131 Å². The number of rotatable bonds is 50. The minimum atomic E-state index is -4.43. The van der Waals surface area contributed by atoms with Crippen molar-refractivity contribution >= 4 is 19.7 Å². The van der Waals surface area contributed by atoms with Crippen molar-refractivity contribution in [3.8, 4) is 0 Å². The van der Waals surface area contributed by atoms with Crippen LogP contribution in [0.2, 0.25) is 0 Å². The van der Waals surface area contributed by atoms with Gasteiger partial charge in [-0.25, -0.2) is 4.57 Å². The van der Waals surface area contributed by atoms with Gasteiger partial charge in [-0.05, 0) is 83.5 Å². The van der Waals surface area contributed by atoms with Gasteiger partial charge in [-0.15, -0.1) is 0 Å². The molecule has 0 aromatic heterocycles. The molecular weight excluding hydrogens is 834 g/mol. The number of allylic oxidation sites excluding steroid dienone is 10. The SMILES string of the molecule is CCCCC/C=C\C/C=C\C/C=C\CCCCCCCCCCC(=O)OCC(O)COP(=O)(O)OCCNC(=O)CCCCCCCCCCCCCCC/C=C\C/C=C\CCCCC. The quantitative estimate of drug-likeness (QED) is 0.0238. The zero-order valence-corrected chi connectivity index (χ0v) is 42.8. The van der Waals surface area contributed by atoms with E-state index in [0.717, 1.165) is 70.6 Å². The molecule has 0 aliphatic carbocycles. The minimum Gasteiger partial charge on any atom is -0.463 e. The van der Waals surface area contributed by atoms with Crippen LogP contribution in [0.3, 0.4) is 0 Å². The molecule has 0 bridgehead atoms. The van der Waals surface area contributed by atoms with Crippen LogP contribution >= 0.6 is 7.82 Å². The van der Waals surface area contributed by atoms with Crippen LogP contribution in [-0.4, -0.2) is 54.3 Å². The summed E-state index contributed by atoms with van der Waals surface area (Å²) in [5.41, 5.74) is 0. The summed E-state index contributed by atoms with van der Waals surface area (Å²) < 4.78 is 27.0. The zero-order chi connectivity index (χ0) is 47.4. The van der Waals surface area contributed by atoms with E-state index >= 15 is 0 Å². The Morgan fingerprint density at radius 1 is 0.477 bits per heavy atom. The maximum absolute atomic E-state index is 12.2. The Morgan fingerprint density at radius 2 is 0.831 bits per heavy atom. The average Bonchev–Trinajstić information content (AvgIpc) is 3.29. The van der Waals surface area contributed by atoms with Crippen molar-refractivity contribution in [2.75, 3.05) is 26.4 Å². The molecule has 2 atom stereocenters. The summed E-state index contributed by atoms with van der Waals surface area (Å²) >= 11 is 0. The van der Waals surface area contributed by atoms with E-state index in [1.54, 1.807) is 0 Å². The van der Waals surface area contributed by atoms with Gasteiger partial charge in [-0.1, -0.05) is 209 Å². The van der Waals surface area contributed by atoms with Crippen molar-refractivity contribution in [3.05, 3.63) is 60.8 Å². The number of carbonyl (C=O) groups excluding carboxylic acids is 2. The molecule has 0 aromatic carbocycles. The molecule has 0 aromatic rings. The fraction of sp³-hybridized carbons (Fsp3) is 0.782. The second-order valence-corrected chi connectivity index (χ2v) is 19.3. The number of unbranched alkanes of at least 4 members (excludes halogenated alkanes) is 27. The largest absolute Gasteiger partial charge is 0.472 e. The molecule has 9 nitrogen and oxygen atoms in total. The Hall–Kier alpha value is -2.29. The van der Waals surface area contributed by atoms with Crippen molar-refractivity contribution in [1.29, 1.82) is 0 Å². The maximum atomic E-state index is 12.2. The molecule has 3 N–H and O–H groups in total. The average molecular weight is 934 g/mol. The van der Waals surface area contributed by atoms with E-state index in [1.807, 2.05) is 0 Å². The van der Waals surface area contributed by atoms with Gasteiger partial charge in [0.25, 0.3) is 0 Å². The lowest BCUT2D eigenvalue weighted by atomic mass is 10.0. The standard InChI is InChI=1S/C55H100NO8P/c1-3-5-7-9-11-13-15-17-19-21-23-25-26-28-29-31-33-35-37-39-41-43-45-47-54(58)56-49-50-63-65(60,61)64-52-53(57)51-62-55(59)48-46-44-42-40-38-36-34-32-30-27-24-22-20-18-16-14-12-10-8-6-4-2/h11-14,17-20,24,27,53,57H,3-10,15-16,21-23,25-26,28-52H2,1-2H3,(H,56,58)(H,60,61)/b13-11-,14-12-,19-17-,20-18-,27-24-. The van der Waals surface area contributed by atoms with Crippen LogP contribution in [0.4, 0.5) is 0 Å². The molecule has 378 valence electrons. The zero-order valence-electron chi connectivity index (χ0n) is 41.9. The lowest BCUT2D eigenvalue weighted by Gasteiger charge is -2.15. The van der Waals surface area contributed by atoms with Gasteiger partial charge in [0, 0.05) is 19.4 Å². The number of carbonyl (C=O) groups is 2. The number of amides is 1. The molecule has 0 spiro atoms. The van der Waals surface area contributed by atoms with Crippen molar-refractivity contribution in [2.45, 2.75) is 251 Å². The van der Waals surface area contributed by atoms with Crippen LogP contribution in [-0.2, 0) is 27.9 Å². The summed E-state index contributed by atoms with van der Waals surface area (Å²) in [6, 6.07) is 0. The van der Waals surface area contributed by atoms with E-state index in [0.29, 0.717) is 6.42 Å². The normalized spacial score (nSPS) is 13.6. The van der Waals surface area contributed by atoms with Crippen LogP contribution in [0, 0.1) is 0 Å². The number of phosphoric ester groups is 1. The number of phosphoric acid groups is 1. The highest BCUT2D eigenvalue weighted by molar-refractivity contribution is 7.47. The first-order valence-corrected chi connectivity index (χ1v) is 28.3. The first-order chi connectivity index (χ1) is 31.8. The molecule has 0 aliphatic heterocycles. The first-order valence-electron chi connectivity index (χ1n) is 26.8. The number of aliphatic hydroxyl groups is 1. The number of aliphatic hydroxyl groups excluding tert-OH is 1. The van der Waals surface area contributed by atoms with Crippen molar-refractivity contribution in [1.82, 2.24) is 5.32 Å². The lowest BCUT2D eigenvalue weighted by Crippen LogP contribution is -2.27. The molecule has 0 saturated heterocycles. The molecule has 1 amide bonds. The predicted octanol–water partition coefficient (Wildman–Crippen LogP) is 16.0. The Morgan fingerprint density at radius 3 is 1.25 bits per heavy atom. The van der Waals surface area contributed by atoms with Gasteiger partial charge < -0.3 is 20.1 Å². The summed E-state index contributed by atoms with van der Waals surface area (Å²) in [5, 5.41) is 12.8. The summed E-state index contributed by atoms with van der Waals surface area (Å²) in [6.07, 6.45) is 63.0. The Labute approximate surface area is 399 Å². The van der Waals surface area contributed by atoms with E-state index in [1.165, 1.54) is 148 Å². The Balaban J connectivity index is 3.56. The molecule has 0 aliphatic rings. The first kappa shape index (κ1) is 62.7. The molecule has 0 rings (SSSR count). The number of nitrogens with one attached hydrogen (secondary N) is 1. The molecule has 0 radical (unpaired) electrons. The molecule has 0 saturated carbocycles. The van der Waals surface area contributed by atoms with Crippen molar-refractivity contribution < 1.29 is 37.9 Å². The van der Waals surface area contributed by atoms with Gasteiger partial charge in [-0.2, -0.15) is 0 Å². The van der Waals surface area contributed by atoms with Gasteiger partial charge in [0.15, 0.2) is 0 Å². The van der Waals surface area contributed by atoms with Crippen LogP contribution in [0.25, 0.3) is 0 Å². The van der Waals surface area contributed by atoms with Gasteiger partial charge in [-0.3, -0.25) is 18.6 Å². The van der Waals surface area contributed by atoms with E-state index in [-0.39, 0.29) is 32.1 Å². The molecule has 65 heavy (non-hydrogen) atoms. The lowest BCUT2D eigenvalue weighted by molar-refractivity contribution is -0.147. The summed E-state index contributed by atoms with van der Waals surface area (Å²) in [4.78, 5) is 34.1. The minimum absolute atomic E-state index is 0.0793. The van der Waals surface area contributed by atoms with E-state index in [4.69, 9.17) is 13.8 Å². The van der Waals surface area contributed by atoms with Crippen molar-refractivity contribution in [2.24, 2.45) is 0 Å². The number of hydrogen-bond donors (Lipinski definition) is 3. The monoisotopic (exact) mass is 934 g/mol. The second-order valence-electron chi connectivity index (χ2n) is 17.8. The molecule has 2 unspecified atom stereocenters. The van der Waals surface area contributed by atoms with Crippen LogP contribution < -0.4 is 5.32 Å². The fourth-order valence-electron chi connectivity index (χ4n) is 7.36. The highest BCUT2D eigenvalue weighted by Gasteiger charge is 2.23. The Kier molecular flexibility index (Phi) is 49.3. The second kappa shape index (κ2) is 51.1. The van der Waals surface area contributed by atoms with Crippen molar-refractivity contribution in [3.63, 3.8) is 0 Å².